The fourth-order valence-electron chi connectivity index (χ4n) is 2.37. The van der Waals surface area contributed by atoms with Gasteiger partial charge >= 0.3 is 0 Å². The van der Waals surface area contributed by atoms with Crippen molar-refractivity contribution in [1.82, 2.24) is 10.2 Å². The highest BCUT2D eigenvalue weighted by molar-refractivity contribution is 4.97. The third kappa shape index (κ3) is 2.69. The molecule has 1 heterocycles. The van der Waals surface area contributed by atoms with Crippen LogP contribution in [0.1, 0.15) is 33.6 Å². The molecule has 0 bridgehead atoms. The van der Waals surface area contributed by atoms with Crippen LogP contribution in [-0.2, 0) is 0 Å². The third-order valence-electron chi connectivity index (χ3n) is 3.26. The van der Waals surface area contributed by atoms with Gasteiger partial charge in [-0.1, -0.05) is 6.92 Å². The summed E-state index contributed by atoms with van der Waals surface area (Å²) in [4.78, 5) is 2.48. The lowest BCUT2D eigenvalue weighted by Crippen LogP contribution is -2.48. The van der Waals surface area contributed by atoms with Gasteiger partial charge in [0, 0.05) is 31.3 Å². The predicted molar refractivity (Wildman–Crippen MR) is 59.4 cm³/mol. The Morgan fingerprint density at radius 3 is 2.64 bits per heavy atom. The van der Waals surface area contributed by atoms with Crippen LogP contribution in [0.3, 0.4) is 0 Å². The molecule has 0 aromatic carbocycles. The zero-order chi connectivity index (χ0) is 10.6. The largest absolute Gasteiger partial charge is 0.396 e. The first kappa shape index (κ1) is 12.0. The Kier molecular flexibility index (Phi) is 4.35. The average molecular weight is 200 g/mol. The highest BCUT2D eigenvalue weighted by Crippen LogP contribution is 2.25. The first-order chi connectivity index (χ1) is 6.63. The number of aliphatic hydroxyl groups is 1. The second-order valence-electron chi connectivity index (χ2n) is 4.60. The van der Waals surface area contributed by atoms with Crippen LogP contribution in [0.4, 0.5) is 0 Å². The molecular formula is C11H24N2O. The fraction of sp³-hybridized carbons (Fsp3) is 1.00. The minimum atomic E-state index is 0.174. The summed E-state index contributed by atoms with van der Waals surface area (Å²) < 4.78 is 0. The summed E-state index contributed by atoms with van der Waals surface area (Å²) in [6, 6.07) is 0.620. The Morgan fingerprint density at radius 2 is 2.21 bits per heavy atom. The number of nitrogens with zero attached hydrogens (tertiary/aromatic N) is 1. The molecule has 1 unspecified atom stereocenters. The predicted octanol–water partition coefficient (Wildman–Crippen LogP) is 0.831. The number of hydrogen-bond donors (Lipinski definition) is 2. The molecule has 0 radical (unpaired) electrons. The topological polar surface area (TPSA) is 35.5 Å². The zero-order valence-corrected chi connectivity index (χ0v) is 9.71. The van der Waals surface area contributed by atoms with E-state index in [2.05, 4.69) is 31.0 Å². The average Bonchev–Trinajstić information content (AvgIpc) is 2.51. The number of likely N-dealkylation sites (N-methyl/N-ethyl adjacent to an activating group) is 1. The molecular weight excluding hydrogens is 176 g/mol. The molecule has 0 amide bonds. The lowest BCUT2D eigenvalue weighted by atomic mass is 9.94. The molecule has 1 aliphatic rings. The van der Waals surface area contributed by atoms with E-state index in [0.29, 0.717) is 12.6 Å². The van der Waals surface area contributed by atoms with Crippen LogP contribution >= 0.6 is 0 Å². The Labute approximate surface area is 87.5 Å². The molecule has 1 aliphatic heterocycles. The van der Waals surface area contributed by atoms with E-state index in [1.807, 2.05) is 0 Å². The molecule has 0 spiro atoms. The zero-order valence-electron chi connectivity index (χ0n) is 9.71. The van der Waals surface area contributed by atoms with Crippen molar-refractivity contribution in [2.45, 2.75) is 45.2 Å². The van der Waals surface area contributed by atoms with Gasteiger partial charge < -0.3 is 10.4 Å². The van der Waals surface area contributed by atoms with Gasteiger partial charge in [-0.15, -0.1) is 0 Å². The number of nitrogens with one attached hydrogen (secondary N) is 1. The monoisotopic (exact) mass is 200 g/mol. The summed E-state index contributed by atoms with van der Waals surface area (Å²) in [6.45, 7) is 10.1. The number of likely N-dealkylation sites (tertiary alicyclic amines) is 1. The Bertz CT molecular complexity index is 165. The van der Waals surface area contributed by atoms with Crippen LogP contribution in [0.25, 0.3) is 0 Å². The third-order valence-corrected chi connectivity index (χ3v) is 3.26. The normalized spacial score (nSPS) is 28.9. The maximum absolute atomic E-state index is 9.08. The van der Waals surface area contributed by atoms with Gasteiger partial charge in [-0.3, -0.25) is 4.90 Å². The minimum Gasteiger partial charge on any atom is -0.396 e. The van der Waals surface area contributed by atoms with Crippen LogP contribution in [0.2, 0.25) is 0 Å². The molecule has 1 fully saturated rings. The van der Waals surface area contributed by atoms with E-state index in [0.717, 1.165) is 26.1 Å². The Hall–Kier alpha value is -0.120. The van der Waals surface area contributed by atoms with Crippen LogP contribution in [0.15, 0.2) is 0 Å². The lowest BCUT2D eigenvalue weighted by Gasteiger charge is -2.31. The van der Waals surface area contributed by atoms with E-state index in [-0.39, 0.29) is 5.54 Å². The summed E-state index contributed by atoms with van der Waals surface area (Å²) in [6.07, 6.45) is 2.05. The number of hydrogen-bond acceptors (Lipinski definition) is 3. The number of aliphatic hydroxyl groups excluding tert-OH is 1. The van der Waals surface area contributed by atoms with E-state index < -0.39 is 0 Å². The maximum atomic E-state index is 9.08. The van der Waals surface area contributed by atoms with Crippen molar-refractivity contribution < 1.29 is 5.11 Å². The van der Waals surface area contributed by atoms with E-state index in [1.54, 1.807) is 0 Å². The van der Waals surface area contributed by atoms with Gasteiger partial charge in [-0.05, 0) is 33.2 Å². The molecule has 1 rings (SSSR count). The van der Waals surface area contributed by atoms with Gasteiger partial charge in [0.1, 0.15) is 0 Å². The van der Waals surface area contributed by atoms with Gasteiger partial charge in [0.15, 0.2) is 0 Å². The molecule has 2 N–H and O–H groups in total. The standard InChI is InChI=1S/C11H24N2O/c1-4-12-11(6-8-14)5-7-13(9-11)10(2)3/h10,12,14H,4-9H2,1-3H3. The van der Waals surface area contributed by atoms with Crippen LogP contribution < -0.4 is 5.32 Å². The Morgan fingerprint density at radius 1 is 1.50 bits per heavy atom. The lowest BCUT2D eigenvalue weighted by molar-refractivity contribution is 0.194. The van der Waals surface area contributed by atoms with Gasteiger partial charge in [0.25, 0.3) is 0 Å². The van der Waals surface area contributed by atoms with E-state index in [1.165, 1.54) is 6.42 Å². The van der Waals surface area contributed by atoms with Gasteiger partial charge in [0.2, 0.25) is 0 Å². The van der Waals surface area contributed by atoms with E-state index >= 15 is 0 Å². The summed E-state index contributed by atoms with van der Waals surface area (Å²) in [5, 5.41) is 12.6. The van der Waals surface area contributed by atoms with Crippen molar-refractivity contribution in [3.63, 3.8) is 0 Å². The van der Waals surface area contributed by atoms with Crippen molar-refractivity contribution >= 4 is 0 Å². The van der Waals surface area contributed by atoms with Crippen LogP contribution in [0, 0.1) is 0 Å². The molecule has 3 nitrogen and oxygen atoms in total. The molecule has 0 saturated carbocycles. The first-order valence-electron chi connectivity index (χ1n) is 5.73. The van der Waals surface area contributed by atoms with Crippen LogP contribution in [-0.4, -0.2) is 47.8 Å². The molecule has 0 aromatic rings. The highest BCUT2D eigenvalue weighted by atomic mass is 16.3. The smallest absolute Gasteiger partial charge is 0.0449 e. The molecule has 14 heavy (non-hydrogen) atoms. The van der Waals surface area contributed by atoms with Crippen molar-refractivity contribution in [3.05, 3.63) is 0 Å². The van der Waals surface area contributed by atoms with Crippen molar-refractivity contribution in [3.8, 4) is 0 Å². The van der Waals surface area contributed by atoms with Gasteiger partial charge in [-0.2, -0.15) is 0 Å². The molecule has 84 valence electrons. The minimum absolute atomic E-state index is 0.174. The second kappa shape index (κ2) is 5.10. The Balaban J connectivity index is 2.54. The van der Waals surface area contributed by atoms with Crippen molar-refractivity contribution in [2.75, 3.05) is 26.2 Å². The second-order valence-corrected chi connectivity index (χ2v) is 4.60. The first-order valence-corrected chi connectivity index (χ1v) is 5.73. The quantitative estimate of drug-likeness (QED) is 0.690. The van der Waals surface area contributed by atoms with E-state index in [4.69, 9.17) is 5.11 Å². The molecule has 1 saturated heterocycles. The van der Waals surface area contributed by atoms with Crippen molar-refractivity contribution in [1.29, 1.82) is 0 Å². The SMILES string of the molecule is CCNC1(CCO)CCN(C(C)C)C1. The van der Waals surface area contributed by atoms with Crippen molar-refractivity contribution in [2.24, 2.45) is 0 Å². The highest BCUT2D eigenvalue weighted by Gasteiger charge is 2.37. The summed E-state index contributed by atoms with van der Waals surface area (Å²) in [5.41, 5.74) is 0.174. The van der Waals surface area contributed by atoms with Gasteiger partial charge in [-0.25, -0.2) is 0 Å². The molecule has 0 aromatic heterocycles. The molecule has 3 heteroatoms. The molecule has 0 aliphatic carbocycles. The van der Waals surface area contributed by atoms with Gasteiger partial charge in [0.05, 0.1) is 0 Å². The van der Waals surface area contributed by atoms with E-state index in [9.17, 15) is 0 Å². The number of rotatable bonds is 5. The summed E-state index contributed by atoms with van der Waals surface area (Å²) in [7, 11) is 0. The summed E-state index contributed by atoms with van der Waals surface area (Å²) >= 11 is 0. The maximum Gasteiger partial charge on any atom is 0.0449 e. The fourth-order valence-corrected chi connectivity index (χ4v) is 2.37. The van der Waals surface area contributed by atoms with Crippen LogP contribution in [0.5, 0.6) is 0 Å². The molecule has 1 atom stereocenters. The summed E-state index contributed by atoms with van der Waals surface area (Å²) in [5.74, 6) is 0.